The molecule has 17 heavy (non-hydrogen) atoms. The molecule has 0 bridgehead atoms. The second-order valence-electron chi connectivity index (χ2n) is 5.90. The quantitative estimate of drug-likeness (QED) is 0.623. The minimum Gasteiger partial charge on any atom is -0.330 e. The van der Waals surface area contributed by atoms with Crippen LogP contribution in [0.5, 0.6) is 0 Å². The monoisotopic (exact) mass is 236 g/mol. The molecule has 1 aliphatic rings. The maximum Gasteiger partial charge on any atom is 0.0599 e. The standard InChI is InChI=1S/C15H28N2/c1-4-8-17(12-14-5-6-14)9-7-15(11-16)10-13(2)3/h1,13-15H,5-12,16H2,2-3H3. The van der Waals surface area contributed by atoms with E-state index in [-0.39, 0.29) is 0 Å². The molecule has 1 rings (SSSR count). The lowest BCUT2D eigenvalue weighted by Gasteiger charge is -2.23. The van der Waals surface area contributed by atoms with Gasteiger partial charge in [-0.3, -0.25) is 4.90 Å². The van der Waals surface area contributed by atoms with Crippen molar-refractivity contribution in [3.05, 3.63) is 0 Å². The van der Waals surface area contributed by atoms with E-state index in [0.717, 1.165) is 31.5 Å². The van der Waals surface area contributed by atoms with Gasteiger partial charge >= 0.3 is 0 Å². The summed E-state index contributed by atoms with van der Waals surface area (Å²) in [5.41, 5.74) is 5.84. The van der Waals surface area contributed by atoms with Gasteiger partial charge in [-0.2, -0.15) is 0 Å². The van der Waals surface area contributed by atoms with Crippen LogP contribution in [0.3, 0.4) is 0 Å². The Morgan fingerprint density at radius 3 is 2.59 bits per heavy atom. The molecule has 0 aromatic carbocycles. The van der Waals surface area contributed by atoms with E-state index >= 15 is 0 Å². The Labute approximate surface area is 107 Å². The van der Waals surface area contributed by atoms with E-state index in [1.54, 1.807) is 0 Å². The highest BCUT2D eigenvalue weighted by atomic mass is 15.1. The molecule has 2 nitrogen and oxygen atoms in total. The van der Waals surface area contributed by atoms with Crippen LogP contribution in [-0.4, -0.2) is 31.1 Å². The van der Waals surface area contributed by atoms with Crippen molar-refractivity contribution in [2.45, 2.75) is 39.5 Å². The number of terminal acetylenes is 1. The van der Waals surface area contributed by atoms with Crippen molar-refractivity contribution in [1.82, 2.24) is 4.90 Å². The minimum absolute atomic E-state index is 0.662. The fraction of sp³-hybridized carbons (Fsp3) is 0.867. The average Bonchev–Trinajstić information content (AvgIpc) is 3.07. The molecule has 1 unspecified atom stereocenters. The molecule has 2 heteroatoms. The minimum atomic E-state index is 0.662. The molecular weight excluding hydrogens is 208 g/mol. The molecule has 1 atom stereocenters. The summed E-state index contributed by atoms with van der Waals surface area (Å²) < 4.78 is 0. The van der Waals surface area contributed by atoms with Gasteiger partial charge in [0, 0.05) is 6.54 Å². The first kappa shape index (κ1) is 14.5. The van der Waals surface area contributed by atoms with E-state index in [4.69, 9.17) is 12.2 Å². The van der Waals surface area contributed by atoms with E-state index in [0.29, 0.717) is 5.92 Å². The molecule has 1 fully saturated rings. The van der Waals surface area contributed by atoms with Gasteiger partial charge in [0.15, 0.2) is 0 Å². The topological polar surface area (TPSA) is 29.3 Å². The summed E-state index contributed by atoms with van der Waals surface area (Å²) in [5, 5.41) is 0. The van der Waals surface area contributed by atoms with Crippen molar-refractivity contribution in [3.63, 3.8) is 0 Å². The zero-order valence-corrected chi connectivity index (χ0v) is 11.5. The van der Waals surface area contributed by atoms with E-state index in [1.165, 1.54) is 32.2 Å². The molecule has 1 saturated carbocycles. The summed E-state index contributed by atoms with van der Waals surface area (Å²) >= 11 is 0. The van der Waals surface area contributed by atoms with E-state index in [9.17, 15) is 0 Å². The van der Waals surface area contributed by atoms with Crippen molar-refractivity contribution in [2.24, 2.45) is 23.5 Å². The third-order valence-electron chi connectivity index (χ3n) is 3.52. The van der Waals surface area contributed by atoms with Crippen molar-refractivity contribution in [2.75, 3.05) is 26.2 Å². The van der Waals surface area contributed by atoms with Crippen LogP contribution in [0.15, 0.2) is 0 Å². The van der Waals surface area contributed by atoms with Crippen LogP contribution in [0.4, 0.5) is 0 Å². The Morgan fingerprint density at radius 2 is 2.12 bits per heavy atom. The Hall–Kier alpha value is -0.520. The number of nitrogens with two attached hydrogens (primary N) is 1. The van der Waals surface area contributed by atoms with E-state index in [1.807, 2.05) is 0 Å². The Balaban J connectivity index is 2.25. The molecule has 0 aliphatic heterocycles. The summed E-state index contributed by atoms with van der Waals surface area (Å²) in [4.78, 5) is 2.43. The Morgan fingerprint density at radius 1 is 1.41 bits per heavy atom. The van der Waals surface area contributed by atoms with Crippen LogP contribution in [-0.2, 0) is 0 Å². The van der Waals surface area contributed by atoms with Crippen molar-refractivity contribution in [1.29, 1.82) is 0 Å². The van der Waals surface area contributed by atoms with Crippen LogP contribution in [0.25, 0.3) is 0 Å². The lowest BCUT2D eigenvalue weighted by atomic mass is 9.94. The summed E-state index contributed by atoms with van der Waals surface area (Å²) in [7, 11) is 0. The third kappa shape index (κ3) is 6.71. The summed E-state index contributed by atoms with van der Waals surface area (Å²) in [6.07, 6.45) is 10.7. The summed E-state index contributed by atoms with van der Waals surface area (Å²) in [6, 6.07) is 0. The maximum atomic E-state index is 5.84. The number of nitrogens with zero attached hydrogens (tertiary/aromatic N) is 1. The second kappa shape index (κ2) is 7.74. The fourth-order valence-corrected chi connectivity index (χ4v) is 2.39. The molecule has 0 aromatic rings. The molecule has 0 saturated heterocycles. The second-order valence-corrected chi connectivity index (χ2v) is 5.90. The molecule has 0 aromatic heterocycles. The number of rotatable bonds is 9. The lowest BCUT2D eigenvalue weighted by molar-refractivity contribution is 0.258. The van der Waals surface area contributed by atoms with Crippen molar-refractivity contribution in [3.8, 4) is 12.3 Å². The van der Waals surface area contributed by atoms with Gasteiger partial charge in [-0.05, 0) is 56.5 Å². The molecular formula is C15H28N2. The third-order valence-corrected chi connectivity index (χ3v) is 3.52. The van der Waals surface area contributed by atoms with Gasteiger partial charge in [0.05, 0.1) is 6.54 Å². The highest BCUT2D eigenvalue weighted by Gasteiger charge is 2.24. The average molecular weight is 236 g/mol. The molecule has 0 spiro atoms. The van der Waals surface area contributed by atoms with Gasteiger partial charge in [0.2, 0.25) is 0 Å². The molecule has 2 N–H and O–H groups in total. The molecule has 0 heterocycles. The van der Waals surface area contributed by atoms with Crippen LogP contribution >= 0.6 is 0 Å². The molecule has 98 valence electrons. The van der Waals surface area contributed by atoms with Gasteiger partial charge in [0.1, 0.15) is 0 Å². The highest BCUT2D eigenvalue weighted by Crippen LogP contribution is 2.29. The van der Waals surface area contributed by atoms with Gasteiger partial charge in [0.25, 0.3) is 0 Å². The number of hydrogen-bond acceptors (Lipinski definition) is 2. The predicted octanol–water partition coefficient (Wildman–Crippen LogP) is 2.34. The van der Waals surface area contributed by atoms with Gasteiger partial charge in [-0.15, -0.1) is 6.42 Å². The zero-order valence-electron chi connectivity index (χ0n) is 11.5. The largest absolute Gasteiger partial charge is 0.330 e. The van der Waals surface area contributed by atoms with Gasteiger partial charge < -0.3 is 5.73 Å². The molecule has 1 aliphatic carbocycles. The highest BCUT2D eigenvalue weighted by molar-refractivity contribution is 4.90. The molecule has 0 radical (unpaired) electrons. The van der Waals surface area contributed by atoms with Crippen molar-refractivity contribution >= 4 is 0 Å². The van der Waals surface area contributed by atoms with E-state index in [2.05, 4.69) is 24.7 Å². The fourth-order valence-electron chi connectivity index (χ4n) is 2.39. The number of hydrogen-bond donors (Lipinski definition) is 1. The van der Waals surface area contributed by atoms with E-state index < -0.39 is 0 Å². The normalized spacial score (nSPS) is 17.4. The summed E-state index contributed by atoms with van der Waals surface area (Å²) in [6.45, 7) is 8.47. The zero-order chi connectivity index (χ0) is 12.7. The first-order chi connectivity index (χ1) is 8.15. The first-order valence-corrected chi connectivity index (χ1v) is 7.01. The van der Waals surface area contributed by atoms with Crippen molar-refractivity contribution < 1.29 is 0 Å². The lowest BCUT2D eigenvalue weighted by Crippen LogP contribution is -2.30. The van der Waals surface area contributed by atoms with Crippen LogP contribution < -0.4 is 5.73 Å². The van der Waals surface area contributed by atoms with Gasteiger partial charge in [-0.1, -0.05) is 19.8 Å². The smallest absolute Gasteiger partial charge is 0.0599 e. The van der Waals surface area contributed by atoms with Crippen LogP contribution in [0, 0.1) is 30.1 Å². The first-order valence-electron chi connectivity index (χ1n) is 7.01. The van der Waals surface area contributed by atoms with Gasteiger partial charge in [-0.25, -0.2) is 0 Å². The summed E-state index contributed by atoms with van der Waals surface area (Å²) in [5.74, 6) is 5.10. The Kier molecular flexibility index (Phi) is 6.62. The molecule has 0 amide bonds. The SMILES string of the molecule is C#CCN(CCC(CN)CC(C)C)CC1CC1. The van der Waals surface area contributed by atoms with Crippen LogP contribution in [0.1, 0.15) is 39.5 Å². The predicted molar refractivity (Wildman–Crippen MR) is 74.6 cm³/mol. The maximum absolute atomic E-state index is 5.84. The van der Waals surface area contributed by atoms with Crippen LogP contribution in [0.2, 0.25) is 0 Å². The Bertz CT molecular complexity index is 238.